The number of hydrogen-bond acceptors (Lipinski definition) is 5. The van der Waals surface area contributed by atoms with Crippen molar-refractivity contribution in [1.82, 2.24) is 19.7 Å². The van der Waals surface area contributed by atoms with Crippen LogP contribution in [-0.4, -0.2) is 19.7 Å². The molecule has 7 nitrogen and oxygen atoms in total. The normalized spacial score (nSPS) is 11.2. The summed E-state index contributed by atoms with van der Waals surface area (Å²) in [7, 11) is 0. The van der Waals surface area contributed by atoms with Crippen LogP contribution >= 0.6 is 15.9 Å². The summed E-state index contributed by atoms with van der Waals surface area (Å²) in [5.41, 5.74) is 1.50. The second kappa shape index (κ2) is 6.96. The highest BCUT2D eigenvalue weighted by atomic mass is 79.9. The first-order valence-corrected chi connectivity index (χ1v) is 9.23. The van der Waals surface area contributed by atoms with Gasteiger partial charge in [-0.15, -0.1) is 0 Å². The van der Waals surface area contributed by atoms with Crippen LogP contribution in [0.2, 0.25) is 0 Å². The maximum absolute atomic E-state index is 12.1. The summed E-state index contributed by atoms with van der Waals surface area (Å²) in [4.78, 5) is 31.1. The molecule has 0 amide bonds. The van der Waals surface area contributed by atoms with Gasteiger partial charge < -0.3 is 14.1 Å². The van der Waals surface area contributed by atoms with Gasteiger partial charge in [0.25, 0.3) is 5.89 Å². The van der Waals surface area contributed by atoms with Crippen LogP contribution in [0.15, 0.2) is 61.0 Å². The third kappa shape index (κ3) is 3.12. The van der Waals surface area contributed by atoms with Crippen LogP contribution in [0, 0.1) is 0 Å². The van der Waals surface area contributed by atoms with Gasteiger partial charge >= 0.3 is 11.1 Å². The molecular formula is C19H15BrN4O3. The van der Waals surface area contributed by atoms with Crippen molar-refractivity contribution in [3.05, 3.63) is 67.6 Å². The Morgan fingerprint density at radius 1 is 1.19 bits per heavy atom. The molecule has 2 aromatic carbocycles. The predicted octanol–water partition coefficient (Wildman–Crippen LogP) is 3.58. The van der Waals surface area contributed by atoms with Crippen molar-refractivity contribution in [1.29, 1.82) is 0 Å². The van der Waals surface area contributed by atoms with Gasteiger partial charge in [-0.25, -0.2) is 0 Å². The van der Waals surface area contributed by atoms with Gasteiger partial charge in [-0.05, 0) is 52.7 Å². The molecule has 0 spiro atoms. The SMILES string of the molecule is CCCn1c(=O)c(=O)[nH]c2cc(-c3noc(-c4ccccc4Br)n3)ccc21. The zero-order valence-corrected chi connectivity index (χ0v) is 16.0. The molecule has 136 valence electrons. The Bertz CT molecular complexity index is 1260. The van der Waals surface area contributed by atoms with Crippen LogP contribution in [0.4, 0.5) is 0 Å². The average Bonchev–Trinajstić information content (AvgIpc) is 3.15. The third-order valence-corrected chi connectivity index (χ3v) is 4.90. The van der Waals surface area contributed by atoms with Crippen molar-refractivity contribution in [3.8, 4) is 22.8 Å². The van der Waals surface area contributed by atoms with Crippen molar-refractivity contribution in [2.24, 2.45) is 0 Å². The van der Waals surface area contributed by atoms with Crippen molar-refractivity contribution >= 4 is 27.0 Å². The van der Waals surface area contributed by atoms with Gasteiger partial charge in [0.1, 0.15) is 0 Å². The summed E-state index contributed by atoms with van der Waals surface area (Å²) in [6.45, 7) is 2.43. The Labute approximate surface area is 161 Å². The number of fused-ring (bicyclic) bond motifs is 1. The number of nitrogens with one attached hydrogen (secondary N) is 1. The number of benzene rings is 2. The van der Waals surface area contributed by atoms with E-state index in [2.05, 4.69) is 31.1 Å². The monoisotopic (exact) mass is 426 g/mol. The second-order valence-corrected chi connectivity index (χ2v) is 6.90. The van der Waals surface area contributed by atoms with Gasteiger partial charge in [0.15, 0.2) is 0 Å². The first kappa shape index (κ1) is 17.4. The smallest absolute Gasteiger partial charge is 0.316 e. The summed E-state index contributed by atoms with van der Waals surface area (Å²) in [6, 6.07) is 12.9. The number of hydrogen-bond donors (Lipinski definition) is 1. The van der Waals surface area contributed by atoms with E-state index in [9.17, 15) is 9.59 Å². The molecule has 0 fully saturated rings. The number of aromatic nitrogens is 4. The van der Waals surface area contributed by atoms with Crippen molar-refractivity contribution in [2.45, 2.75) is 19.9 Å². The van der Waals surface area contributed by atoms with E-state index in [1.54, 1.807) is 18.2 Å². The van der Waals surface area contributed by atoms with Gasteiger partial charge in [0.05, 0.1) is 16.6 Å². The van der Waals surface area contributed by atoms with Gasteiger partial charge in [-0.3, -0.25) is 9.59 Å². The van der Waals surface area contributed by atoms with E-state index in [4.69, 9.17) is 4.52 Å². The minimum absolute atomic E-state index is 0.391. The van der Waals surface area contributed by atoms with E-state index in [1.165, 1.54) is 4.57 Å². The summed E-state index contributed by atoms with van der Waals surface area (Å²) < 4.78 is 7.73. The zero-order chi connectivity index (χ0) is 19.0. The van der Waals surface area contributed by atoms with Gasteiger partial charge in [-0.2, -0.15) is 4.98 Å². The van der Waals surface area contributed by atoms with E-state index in [0.29, 0.717) is 34.9 Å². The van der Waals surface area contributed by atoms with Gasteiger partial charge in [0.2, 0.25) is 5.82 Å². The lowest BCUT2D eigenvalue weighted by molar-refractivity contribution is 0.432. The fourth-order valence-corrected chi connectivity index (χ4v) is 3.40. The van der Waals surface area contributed by atoms with E-state index < -0.39 is 11.1 Å². The lowest BCUT2D eigenvalue weighted by Crippen LogP contribution is -2.36. The fourth-order valence-electron chi connectivity index (χ4n) is 2.95. The summed E-state index contributed by atoms with van der Waals surface area (Å²) in [5.74, 6) is 0.791. The quantitative estimate of drug-likeness (QED) is 0.503. The highest BCUT2D eigenvalue weighted by Crippen LogP contribution is 2.29. The summed E-state index contributed by atoms with van der Waals surface area (Å²) in [6.07, 6.45) is 0.750. The Morgan fingerprint density at radius 2 is 2.00 bits per heavy atom. The van der Waals surface area contributed by atoms with Crippen LogP contribution in [0.1, 0.15) is 13.3 Å². The average molecular weight is 427 g/mol. The first-order valence-electron chi connectivity index (χ1n) is 8.44. The predicted molar refractivity (Wildman–Crippen MR) is 106 cm³/mol. The molecule has 8 heteroatoms. The maximum Gasteiger partial charge on any atom is 0.316 e. The van der Waals surface area contributed by atoms with Crippen LogP contribution in [-0.2, 0) is 6.54 Å². The Balaban J connectivity index is 1.82. The molecule has 0 unspecified atom stereocenters. The van der Waals surface area contributed by atoms with Crippen LogP contribution in [0.3, 0.4) is 0 Å². The van der Waals surface area contributed by atoms with Crippen LogP contribution in [0.25, 0.3) is 33.9 Å². The maximum atomic E-state index is 12.1. The molecule has 2 heterocycles. The minimum atomic E-state index is -0.643. The van der Waals surface area contributed by atoms with Crippen LogP contribution in [0.5, 0.6) is 0 Å². The summed E-state index contributed by atoms with van der Waals surface area (Å²) in [5, 5.41) is 4.04. The lowest BCUT2D eigenvalue weighted by Gasteiger charge is -2.08. The molecule has 0 aliphatic heterocycles. The van der Waals surface area contributed by atoms with E-state index in [1.807, 2.05) is 31.2 Å². The molecule has 4 rings (SSSR count). The molecule has 4 aromatic rings. The Kier molecular flexibility index (Phi) is 4.49. The fraction of sp³-hybridized carbons (Fsp3) is 0.158. The standard InChI is InChI=1S/C19H15BrN4O3/c1-2-9-24-15-8-7-11(10-14(15)21-17(25)19(24)26)16-22-18(27-23-16)12-5-3-4-6-13(12)20/h3-8,10H,2,9H2,1H3,(H,21,25). The molecule has 2 aromatic heterocycles. The minimum Gasteiger partial charge on any atom is -0.334 e. The highest BCUT2D eigenvalue weighted by Gasteiger charge is 2.14. The number of aromatic amines is 1. The Hall–Kier alpha value is -3.00. The number of aryl methyl sites for hydroxylation is 1. The molecule has 0 aliphatic rings. The molecule has 0 saturated carbocycles. The topological polar surface area (TPSA) is 93.8 Å². The Morgan fingerprint density at radius 3 is 2.78 bits per heavy atom. The molecule has 0 atom stereocenters. The molecular weight excluding hydrogens is 412 g/mol. The molecule has 1 N–H and O–H groups in total. The van der Waals surface area contributed by atoms with Gasteiger partial charge in [0, 0.05) is 16.6 Å². The lowest BCUT2D eigenvalue weighted by atomic mass is 10.1. The second-order valence-electron chi connectivity index (χ2n) is 6.05. The largest absolute Gasteiger partial charge is 0.334 e. The molecule has 0 aliphatic carbocycles. The van der Waals surface area contributed by atoms with E-state index in [-0.39, 0.29) is 0 Å². The number of nitrogens with zero attached hydrogens (tertiary/aromatic N) is 3. The van der Waals surface area contributed by atoms with Crippen LogP contribution < -0.4 is 11.1 Å². The van der Waals surface area contributed by atoms with E-state index >= 15 is 0 Å². The third-order valence-electron chi connectivity index (χ3n) is 4.21. The van der Waals surface area contributed by atoms with Crippen molar-refractivity contribution in [2.75, 3.05) is 0 Å². The summed E-state index contributed by atoms with van der Waals surface area (Å²) >= 11 is 3.47. The highest BCUT2D eigenvalue weighted by molar-refractivity contribution is 9.10. The molecule has 27 heavy (non-hydrogen) atoms. The zero-order valence-electron chi connectivity index (χ0n) is 14.4. The number of H-pyrrole nitrogens is 1. The molecule has 0 radical (unpaired) electrons. The molecule has 0 bridgehead atoms. The first-order chi connectivity index (χ1) is 13.1. The number of halogens is 1. The number of rotatable bonds is 4. The van der Waals surface area contributed by atoms with Gasteiger partial charge in [-0.1, -0.05) is 24.2 Å². The van der Waals surface area contributed by atoms with Crippen molar-refractivity contribution < 1.29 is 4.52 Å². The van der Waals surface area contributed by atoms with E-state index in [0.717, 1.165) is 16.5 Å². The molecule has 0 saturated heterocycles. The van der Waals surface area contributed by atoms with Crippen molar-refractivity contribution in [3.63, 3.8) is 0 Å².